The molecule has 3 aromatic rings. The van der Waals surface area contributed by atoms with Crippen LogP contribution >= 0.6 is 0 Å². The van der Waals surface area contributed by atoms with Gasteiger partial charge < -0.3 is 9.32 Å². The third-order valence-electron chi connectivity index (χ3n) is 4.73. The molecule has 5 rings (SSSR count). The maximum atomic E-state index is 13.1. The second-order valence-electron chi connectivity index (χ2n) is 6.57. The fraction of sp³-hybridized carbons (Fsp3) is 0.263. The number of aromatic nitrogens is 3. The number of aliphatic imine (C=N–C) groups is 1. The molecule has 0 bridgehead atoms. The number of hydrogen-bond donors (Lipinski definition) is 0. The molecule has 0 spiro atoms. The van der Waals surface area contributed by atoms with E-state index < -0.39 is 6.17 Å². The van der Waals surface area contributed by atoms with E-state index in [-0.39, 0.29) is 0 Å². The lowest BCUT2D eigenvalue weighted by Gasteiger charge is -2.35. The lowest BCUT2D eigenvalue weighted by molar-refractivity contribution is 0.273. The fourth-order valence-corrected chi connectivity index (χ4v) is 3.33. The second-order valence-corrected chi connectivity index (χ2v) is 6.57. The highest BCUT2D eigenvalue weighted by atomic mass is 19.1. The average Bonchev–Trinajstić information content (AvgIpc) is 3.24. The Morgan fingerprint density at radius 1 is 1.12 bits per heavy atom. The van der Waals surface area contributed by atoms with Crippen LogP contribution in [0, 0.1) is 6.92 Å². The number of halogens is 1. The maximum absolute atomic E-state index is 13.1. The first-order valence-corrected chi connectivity index (χ1v) is 8.51. The smallest absolute Gasteiger partial charge is 0.247 e. The van der Waals surface area contributed by atoms with Crippen LogP contribution in [0.15, 0.2) is 45.9 Å². The monoisotopic (exact) mass is 349 g/mol. The lowest BCUT2D eigenvalue weighted by Crippen LogP contribution is -2.48. The summed E-state index contributed by atoms with van der Waals surface area (Å²) in [6.07, 6.45) is 0.993. The zero-order valence-electron chi connectivity index (χ0n) is 14.2. The Kier molecular flexibility index (Phi) is 3.34. The minimum Gasteiger partial charge on any atom is -0.421 e. The molecule has 0 radical (unpaired) electrons. The largest absolute Gasteiger partial charge is 0.421 e. The quantitative estimate of drug-likeness (QED) is 0.727. The van der Waals surface area contributed by atoms with E-state index in [2.05, 4.69) is 15.2 Å². The molecule has 0 atom stereocenters. The summed E-state index contributed by atoms with van der Waals surface area (Å²) >= 11 is 0. The maximum Gasteiger partial charge on any atom is 0.247 e. The molecule has 1 aromatic carbocycles. The van der Waals surface area contributed by atoms with Crippen molar-refractivity contribution in [1.82, 2.24) is 15.2 Å². The van der Waals surface area contributed by atoms with E-state index in [0.717, 1.165) is 33.8 Å². The standard InChI is InChI=1S/C19H16FN5O/c1-11-23-24-19(26-11)13-2-3-14-8-22-18(16(14)6-13)12-4-5-21-17(7-12)25-9-15(20)10-25/h2-7,15H,8-10H2,1H3. The topological polar surface area (TPSA) is 67.4 Å². The average molecular weight is 349 g/mol. The van der Waals surface area contributed by atoms with Gasteiger partial charge in [0.05, 0.1) is 25.3 Å². The van der Waals surface area contributed by atoms with Crippen molar-refractivity contribution in [1.29, 1.82) is 0 Å². The van der Waals surface area contributed by atoms with Crippen molar-refractivity contribution in [2.24, 2.45) is 4.99 Å². The molecule has 1 saturated heterocycles. The van der Waals surface area contributed by atoms with Crippen LogP contribution in [0.5, 0.6) is 0 Å². The van der Waals surface area contributed by atoms with Crippen LogP contribution in [-0.4, -0.2) is 40.2 Å². The Morgan fingerprint density at radius 2 is 2.00 bits per heavy atom. The van der Waals surface area contributed by atoms with Crippen LogP contribution < -0.4 is 4.90 Å². The molecule has 7 heteroatoms. The first-order valence-electron chi connectivity index (χ1n) is 8.51. The Hall–Kier alpha value is -3.09. The molecule has 2 aliphatic heterocycles. The second kappa shape index (κ2) is 5.72. The highest BCUT2D eigenvalue weighted by Gasteiger charge is 2.28. The number of rotatable bonds is 3. The van der Waals surface area contributed by atoms with Gasteiger partial charge in [0.25, 0.3) is 0 Å². The van der Waals surface area contributed by atoms with Crippen LogP contribution in [0.1, 0.15) is 22.6 Å². The van der Waals surface area contributed by atoms with E-state index in [4.69, 9.17) is 9.41 Å². The van der Waals surface area contributed by atoms with E-state index in [1.165, 1.54) is 0 Å². The SMILES string of the molecule is Cc1nnc(-c2ccc3c(c2)C(c2ccnc(N4CC(F)C4)c2)=NC3)o1. The number of benzene rings is 1. The van der Waals surface area contributed by atoms with E-state index in [0.29, 0.717) is 31.4 Å². The van der Waals surface area contributed by atoms with Crippen molar-refractivity contribution >= 4 is 11.5 Å². The highest BCUT2D eigenvalue weighted by Crippen LogP contribution is 2.29. The third-order valence-corrected chi connectivity index (χ3v) is 4.73. The summed E-state index contributed by atoms with van der Waals surface area (Å²) in [5.41, 5.74) is 4.99. The van der Waals surface area contributed by atoms with Crippen molar-refractivity contribution < 1.29 is 8.81 Å². The fourth-order valence-electron chi connectivity index (χ4n) is 3.33. The molecule has 26 heavy (non-hydrogen) atoms. The molecule has 4 heterocycles. The van der Waals surface area contributed by atoms with Crippen molar-refractivity contribution in [3.63, 3.8) is 0 Å². The van der Waals surface area contributed by atoms with Gasteiger partial charge in [0, 0.05) is 29.8 Å². The molecule has 6 nitrogen and oxygen atoms in total. The van der Waals surface area contributed by atoms with Crippen molar-refractivity contribution in [3.05, 3.63) is 59.1 Å². The summed E-state index contributed by atoms with van der Waals surface area (Å²) < 4.78 is 18.7. The summed E-state index contributed by atoms with van der Waals surface area (Å²) in [7, 11) is 0. The van der Waals surface area contributed by atoms with Crippen LogP contribution in [0.25, 0.3) is 11.5 Å². The molecular formula is C19H16FN5O. The van der Waals surface area contributed by atoms with Gasteiger partial charge in [0.1, 0.15) is 12.0 Å². The van der Waals surface area contributed by atoms with Gasteiger partial charge in [-0.05, 0) is 29.8 Å². The van der Waals surface area contributed by atoms with Gasteiger partial charge in [0.2, 0.25) is 11.8 Å². The predicted molar refractivity (Wildman–Crippen MR) is 95.2 cm³/mol. The molecule has 130 valence electrons. The van der Waals surface area contributed by atoms with Crippen LogP contribution in [0.2, 0.25) is 0 Å². The number of nitrogens with zero attached hydrogens (tertiary/aromatic N) is 5. The Balaban J connectivity index is 1.50. The van der Waals surface area contributed by atoms with Crippen molar-refractivity contribution in [2.75, 3.05) is 18.0 Å². The molecule has 0 unspecified atom stereocenters. The number of aryl methyl sites for hydroxylation is 1. The number of alkyl halides is 1. The molecule has 2 aliphatic rings. The van der Waals surface area contributed by atoms with E-state index in [1.807, 2.05) is 35.2 Å². The number of fused-ring (bicyclic) bond motifs is 1. The van der Waals surface area contributed by atoms with Crippen LogP contribution in [0.4, 0.5) is 10.2 Å². The molecule has 1 fully saturated rings. The molecule has 2 aromatic heterocycles. The first kappa shape index (κ1) is 15.2. The summed E-state index contributed by atoms with van der Waals surface area (Å²) in [5.74, 6) is 1.83. The van der Waals surface area contributed by atoms with Gasteiger partial charge in [-0.1, -0.05) is 6.07 Å². The van der Waals surface area contributed by atoms with Gasteiger partial charge in [-0.25, -0.2) is 9.37 Å². The number of hydrogen-bond acceptors (Lipinski definition) is 6. The van der Waals surface area contributed by atoms with Gasteiger partial charge in [-0.15, -0.1) is 10.2 Å². The van der Waals surface area contributed by atoms with Gasteiger partial charge >= 0.3 is 0 Å². The molecule has 0 saturated carbocycles. The van der Waals surface area contributed by atoms with Gasteiger partial charge in [-0.2, -0.15) is 0 Å². The van der Waals surface area contributed by atoms with E-state index in [1.54, 1.807) is 13.1 Å². The van der Waals surface area contributed by atoms with E-state index in [9.17, 15) is 4.39 Å². The summed E-state index contributed by atoms with van der Waals surface area (Å²) in [4.78, 5) is 11.0. The Morgan fingerprint density at radius 3 is 2.77 bits per heavy atom. The number of pyridine rings is 1. The lowest BCUT2D eigenvalue weighted by atomic mass is 9.98. The molecule has 0 amide bonds. The van der Waals surface area contributed by atoms with Crippen molar-refractivity contribution in [3.8, 4) is 11.5 Å². The predicted octanol–water partition coefficient (Wildman–Crippen LogP) is 2.95. The van der Waals surface area contributed by atoms with E-state index >= 15 is 0 Å². The Labute approximate surface area is 149 Å². The van der Waals surface area contributed by atoms with Gasteiger partial charge in [0.15, 0.2) is 0 Å². The van der Waals surface area contributed by atoms with Crippen LogP contribution in [0.3, 0.4) is 0 Å². The highest BCUT2D eigenvalue weighted by molar-refractivity contribution is 6.15. The normalized spacial score (nSPS) is 16.4. The van der Waals surface area contributed by atoms with Crippen LogP contribution in [-0.2, 0) is 6.54 Å². The van der Waals surface area contributed by atoms with Gasteiger partial charge in [-0.3, -0.25) is 4.99 Å². The third kappa shape index (κ3) is 2.47. The summed E-state index contributed by atoms with van der Waals surface area (Å²) in [6, 6.07) is 9.97. The zero-order valence-corrected chi connectivity index (χ0v) is 14.2. The Bertz CT molecular complexity index is 1020. The van der Waals surface area contributed by atoms with Crippen molar-refractivity contribution in [2.45, 2.75) is 19.6 Å². The summed E-state index contributed by atoms with van der Waals surface area (Å²) in [5, 5.41) is 7.99. The summed E-state index contributed by atoms with van der Waals surface area (Å²) in [6.45, 7) is 3.22. The molecular weight excluding hydrogens is 333 g/mol. The number of anilines is 1. The zero-order chi connectivity index (χ0) is 17.7. The minimum atomic E-state index is -0.759. The molecule has 0 N–H and O–H groups in total. The first-order chi connectivity index (χ1) is 12.7. The minimum absolute atomic E-state index is 0.403. The molecule has 0 aliphatic carbocycles.